The summed E-state index contributed by atoms with van der Waals surface area (Å²) in [5, 5.41) is 6.59. The fourth-order valence-electron chi connectivity index (χ4n) is 6.60. The molecule has 5 heterocycles. The molecule has 0 spiro atoms. The Morgan fingerprint density at radius 1 is 0.912 bits per heavy atom. The van der Waals surface area contributed by atoms with Crippen molar-refractivity contribution in [2.75, 3.05) is 76.3 Å². The number of aryl methyl sites for hydroxylation is 1. The largest absolute Gasteiger partial charge is 0.435 e. The molecular formula is C44H63F3N8O2. The quantitative estimate of drug-likeness (QED) is 0.152. The Labute approximate surface area is 337 Å². The average Bonchev–Trinajstić information content (AvgIpc) is 3.64. The minimum atomic E-state index is -0.741. The number of allylic oxidation sites excluding steroid dienone is 2. The zero-order valence-electron chi connectivity index (χ0n) is 34.8. The summed E-state index contributed by atoms with van der Waals surface area (Å²) in [6.07, 6.45) is 12.0. The van der Waals surface area contributed by atoms with E-state index in [1.807, 2.05) is 44.2 Å². The molecule has 4 aromatic rings. The summed E-state index contributed by atoms with van der Waals surface area (Å²) in [4.78, 5) is 31.6. The van der Waals surface area contributed by atoms with Gasteiger partial charge in [0.2, 0.25) is 5.88 Å². The maximum atomic E-state index is 15.4. The Morgan fingerprint density at radius 2 is 1.56 bits per heavy atom. The fraction of sp³-hybridized carbons (Fsp3) is 0.523. The van der Waals surface area contributed by atoms with E-state index in [4.69, 9.17) is 4.74 Å². The smallest absolute Gasteiger partial charge is 0.263 e. The van der Waals surface area contributed by atoms with Gasteiger partial charge in [0.1, 0.15) is 11.9 Å². The van der Waals surface area contributed by atoms with E-state index in [9.17, 15) is 13.6 Å². The van der Waals surface area contributed by atoms with Crippen molar-refractivity contribution in [3.63, 3.8) is 0 Å². The van der Waals surface area contributed by atoms with Crippen molar-refractivity contribution in [1.82, 2.24) is 30.1 Å². The number of carbonyl (C=O) groups excluding carboxylic acids is 1. The molecule has 3 aliphatic rings. The Morgan fingerprint density at radius 3 is 2.12 bits per heavy atom. The molecule has 0 saturated carbocycles. The van der Waals surface area contributed by atoms with Crippen LogP contribution in [0.15, 0.2) is 54.4 Å². The second kappa shape index (κ2) is 23.6. The number of likely N-dealkylation sites (tertiary alicyclic amines) is 1. The van der Waals surface area contributed by atoms with E-state index in [1.165, 1.54) is 56.7 Å². The number of anilines is 3. The highest BCUT2D eigenvalue weighted by Gasteiger charge is 2.28. The van der Waals surface area contributed by atoms with Crippen LogP contribution in [0, 0.1) is 18.6 Å². The summed E-state index contributed by atoms with van der Waals surface area (Å²) in [5.74, 6) is -2.00. The molecular weight excluding hydrogens is 730 g/mol. The molecule has 0 atom stereocenters. The number of hydrogen-bond donors (Lipinski definition) is 3. The second-order valence-corrected chi connectivity index (χ2v) is 15.0. The molecule has 3 N–H and O–H groups in total. The summed E-state index contributed by atoms with van der Waals surface area (Å²) in [5.41, 5.74) is 3.78. The van der Waals surface area contributed by atoms with E-state index in [0.29, 0.717) is 25.2 Å². The summed E-state index contributed by atoms with van der Waals surface area (Å²) >= 11 is 0. The number of H-pyrrole nitrogens is 1. The number of alkyl halides is 1. The maximum Gasteiger partial charge on any atom is 0.263 e. The molecule has 7 rings (SSSR count). The molecule has 3 fully saturated rings. The molecule has 10 nitrogen and oxygen atoms in total. The number of nitrogens with zero attached hydrogens (tertiary/aromatic N) is 5. The molecule has 0 aliphatic carbocycles. The van der Waals surface area contributed by atoms with Crippen LogP contribution in [0.2, 0.25) is 0 Å². The molecule has 0 bridgehead atoms. The SMILES string of the molecule is C1CCNCC1.CC(C)=CCCF.CCC.Cc1cc2c(F)c(Oc3ncnc(Nc4ccc(N5CCN(C)CC5)cc4)c3C(=O)N3CCCCC3)cc(F)c2[nH]1. The van der Waals surface area contributed by atoms with Gasteiger partial charge in [-0.2, -0.15) is 0 Å². The number of nitrogens with one attached hydrogen (secondary N) is 3. The van der Waals surface area contributed by atoms with E-state index >= 15 is 4.39 Å². The highest BCUT2D eigenvalue weighted by Crippen LogP contribution is 2.36. The number of carbonyl (C=O) groups is 1. The number of fused-ring (bicyclic) bond motifs is 1. The zero-order chi connectivity index (χ0) is 41.2. The van der Waals surface area contributed by atoms with Crippen molar-refractivity contribution < 1.29 is 22.7 Å². The van der Waals surface area contributed by atoms with Crippen LogP contribution in [0.5, 0.6) is 11.6 Å². The number of amides is 1. The zero-order valence-corrected chi connectivity index (χ0v) is 34.8. The standard InChI is InChI=1S/C30H33F2N7O2.C6H11F.C5H11N.C3H8/c1-19-16-22-26(32)24(17-23(31)27(22)35-19)41-29-25(30(40)39-10-4-3-5-11-39)28(33-18-34-29)36-20-6-8-21(9-7-20)38-14-12-37(2)13-15-38;1-6(2)4-3-5-7;1-2-4-6-5-3-1;1-3-2/h6-9,16-18,35H,3-5,10-15H2,1-2H3,(H,33,34,36);4H,3,5H2,1-2H3;6H,1-5H2;3H2,1-2H3. The van der Waals surface area contributed by atoms with Crippen molar-refractivity contribution in [2.24, 2.45) is 0 Å². The summed E-state index contributed by atoms with van der Waals surface area (Å²) < 4.78 is 47.4. The van der Waals surface area contributed by atoms with E-state index in [2.05, 4.69) is 56.3 Å². The summed E-state index contributed by atoms with van der Waals surface area (Å²) in [6.45, 7) is 17.3. The molecule has 3 aliphatic heterocycles. The van der Waals surface area contributed by atoms with Crippen molar-refractivity contribution in [1.29, 1.82) is 0 Å². The number of likely N-dealkylation sites (N-methyl/N-ethyl adjacent to an activating group) is 1. The molecule has 3 saturated heterocycles. The van der Waals surface area contributed by atoms with Gasteiger partial charge in [-0.3, -0.25) is 9.18 Å². The number of aromatic amines is 1. The number of halogens is 3. The summed E-state index contributed by atoms with van der Waals surface area (Å²) in [7, 11) is 2.12. The van der Waals surface area contributed by atoms with Crippen molar-refractivity contribution in [3.05, 3.63) is 77.3 Å². The topological polar surface area (TPSA) is 102 Å². The Kier molecular flexibility index (Phi) is 18.6. The van der Waals surface area contributed by atoms with E-state index in [1.54, 1.807) is 11.8 Å². The first-order valence-electron chi connectivity index (χ1n) is 20.6. The van der Waals surface area contributed by atoms with E-state index in [0.717, 1.165) is 62.9 Å². The fourth-order valence-corrected chi connectivity index (χ4v) is 6.60. The van der Waals surface area contributed by atoms with E-state index < -0.39 is 11.6 Å². The van der Waals surface area contributed by atoms with Crippen LogP contribution >= 0.6 is 0 Å². The first kappa shape index (κ1) is 45.1. The Bertz CT molecular complexity index is 1830. The molecule has 0 radical (unpaired) electrons. The van der Waals surface area contributed by atoms with Gasteiger partial charge < -0.3 is 35.1 Å². The second-order valence-electron chi connectivity index (χ2n) is 15.0. The third kappa shape index (κ3) is 13.8. The predicted octanol–water partition coefficient (Wildman–Crippen LogP) is 9.95. The third-order valence-corrected chi connectivity index (χ3v) is 9.65. The van der Waals surface area contributed by atoms with Crippen LogP contribution in [0.4, 0.5) is 30.4 Å². The Hall–Kier alpha value is -4.62. The van der Waals surface area contributed by atoms with Gasteiger partial charge in [-0.15, -0.1) is 0 Å². The number of rotatable bonds is 8. The molecule has 13 heteroatoms. The van der Waals surface area contributed by atoms with Gasteiger partial charge in [0.25, 0.3) is 5.91 Å². The van der Waals surface area contributed by atoms with Crippen LogP contribution in [-0.2, 0) is 0 Å². The first-order chi connectivity index (χ1) is 27.6. The maximum absolute atomic E-state index is 15.4. The monoisotopic (exact) mass is 793 g/mol. The lowest BCUT2D eigenvalue weighted by atomic mass is 10.1. The van der Waals surface area contributed by atoms with Crippen LogP contribution in [-0.4, -0.2) is 96.7 Å². The number of ether oxygens (including phenoxy) is 1. The number of piperazine rings is 1. The Balaban J connectivity index is 0.000000378. The average molecular weight is 793 g/mol. The molecule has 57 heavy (non-hydrogen) atoms. The van der Waals surface area contributed by atoms with Crippen molar-refractivity contribution >= 4 is 34.0 Å². The highest BCUT2D eigenvalue weighted by atomic mass is 19.1. The lowest BCUT2D eigenvalue weighted by molar-refractivity contribution is 0.0721. The summed E-state index contributed by atoms with van der Waals surface area (Å²) in [6, 6.07) is 10.4. The normalized spacial score (nSPS) is 15.6. The minimum absolute atomic E-state index is 0.0574. The van der Waals surface area contributed by atoms with Crippen LogP contribution < -0.4 is 20.3 Å². The van der Waals surface area contributed by atoms with Gasteiger partial charge in [0.05, 0.1) is 12.2 Å². The first-order valence-corrected chi connectivity index (χ1v) is 20.6. The molecule has 312 valence electrons. The van der Waals surface area contributed by atoms with Crippen LogP contribution in [0.3, 0.4) is 0 Å². The lowest BCUT2D eigenvalue weighted by Crippen LogP contribution is -2.44. The van der Waals surface area contributed by atoms with Crippen LogP contribution in [0.1, 0.15) is 95.1 Å². The van der Waals surface area contributed by atoms with E-state index in [-0.39, 0.29) is 46.5 Å². The van der Waals surface area contributed by atoms with Crippen LogP contribution in [0.25, 0.3) is 10.9 Å². The minimum Gasteiger partial charge on any atom is -0.435 e. The lowest BCUT2D eigenvalue weighted by Gasteiger charge is -2.34. The molecule has 2 aromatic carbocycles. The number of aromatic nitrogens is 3. The van der Waals surface area contributed by atoms with Gasteiger partial charge in [0.15, 0.2) is 23.2 Å². The van der Waals surface area contributed by atoms with Gasteiger partial charge >= 0.3 is 0 Å². The molecule has 1 amide bonds. The van der Waals surface area contributed by atoms with Crippen molar-refractivity contribution in [3.8, 4) is 11.6 Å². The number of piperidine rings is 2. The van der Waals surface area contributed by atoms with Crippen molar-refractivity contribution in [2.45, 2.75) is 86.0 Å². The van der Waals surface area contributed by atoms with Gasteiger partial charge in [0, 0.05) is 67.8 Å². The number of benzene rings is 2. The molecule has 0 unspecified atom stereocenters. The highest BCUT2D eigenvalue weighted by molar-refractivity contribution is 6.01. The van der Waals surface area contributed by atoms with Gasteiger partial charge in [-0.05, 0) is 110 Å². The number of hydrogen-bond acceptors (Lipinski definition) is 8. The predicted molar refractivity (Wildman–Crippen MR) is 227 cm³/mol. The molecule has 2 aromatic heterocycles. The third-order valence-electron chi connectivity index (χ3n) is 9.65. The van der Waals surface area contributed by atoms with Gasteiger partial charge in [-0.1, -0.05) is 38.3 Å². The van der Waals surface area contributed by atoms with Gasteiger partial charge in [-0.25, -0.2) is 18.7 Å².